The van der Waals surface area contributed by atoms with Gasteiger partial charge >= 0.3 is 0 Å². The van der Waals surface area contributed by atoms with Gasteiger partial charge in [0.1, 0.15) is 11.9 Å². The molecule has 1 heterocycles. The average molecular weight is 314 g/mol. The molecule has 1 aromatic carbocycles. The summed E-state index contributed by atoms with van der Waals surface area (Å²) in [6, 6.07) is 6.54. The number of halogens is 1. The number of aliphatic hydroxyl groups excluding tert-OH is 1. The van der Waals surface area contributed by atoms with Crippen molar-refractivity contribution in [3.05, 3.63) is 28.2 Å². The lowest BCUT2D eigenvalue weighted by atomic mass is 10.1. The third-order valence-corrected chi connectivity index (χ3v) is 3.86. The predicted molar refractivity (Wildman–Crippen MR) is 76.0 cm³/mol. The molecule has 0 saturated carbocycles. The van der Waals surface area contributed by atoms with Crippen LogP contribution < -0.4 is 10.1 Å². The van der Waals surface area contributed by atoms with E-state index < -0.39 is 0 Å². The Morgan fingerprint density at radius 2 is 2.39 bits per heavy atom. The second kappa shape index (κ2) is 6.55. The average Bonchev–Trinajstić information content (AvgIpc) is 2.76. The van der Waals surface area contributed by atoms with E-state index in [0.29, 0.717) is 6.04 Å². The molecule has 3 nitrogen and oxygen atoms in total. The van der Waals surface area contributed by atoms with E-state index in [2.05, 4.69) is 34.2 Å². The smallest absolute Gasteiger partial charge is 0.123 e. The Kier molecular flexibility index (Phi) is 5.03. The molecule has 0 saturated heterocycles. The third-order valence-electron chi connectivity index (χ3n) is 3.37. The number of hydrogen-bond donors (Lipinski definition) is 2. The zero-order chi connectivity index (χ0) is 13.0. The molecule has 0 bridgehead atoms. The van der Waals surface area contributed by atoms with Gasteiger partial charge in [0, 0.05) is 30.1 Å². The van der Waals surface area contributed by atoms with Crippen molar-refractivity contribution >= 4 is 15.9 Å². The van der Waals surface area contributed by atoms with Crippen molar-refractivity contribution < 1.29 is 9.84 Å². The molecule has 1 aromatic rings. The summed E-state index contributed by atoms with van der Waals surface area (Å²) >= 11 is 3.48. The number of aliphatic hydroxyl groups is 1. The summed E-state index contributed by atoms with van der Waals surface area (Å²) in [4.78, 5) is 0. The molecule has 2 rings (SSSR count). The van der Waals surface area contributed by atoms with Gasteiger partial charge in [-0.15, -0.1) is 0 Å². The van der Waals surface area contributed by atoms with Gasteiger partial charge in [-0.3, -0.25) is 0 Å². The van der Waals surface area contributed by atoms with Crippen LogP contribution in [0.2, 0.25) is 0 Å². The topological polar surface area (TPSA) is 41.5 Å². The first-order chi connectivity index (χ1) is 8.72. The van der Waals surface area contributed by atoms with Gasteiger partial charge in [0.05, 0.1) is 0 Å². The van der Waals surface area contributed by atoms with Crippen LogP contribution in [0, 0.1) is 0 Å². The zero-order valence-corrected chi connectivity index (χ0v) is 12.2. The van der Waals surface area contributed by atoms with Gasteiger partial charge in [-0.1, -0.05) is 22.9 Å². The van der Waals surface area contributed by atoms with Gasteiger partial charge in [-0.25, -0.2) is 0 Å². The molecular weight excluding hydrogens is 294 g/mol. The summed E-state index contributed by atoms with van der Waals surface area (Å²) in [5.74, 6) is 1.00. The second-order valence-corrected chi connectivity index (χ2v) is 5.64. The Hall–Kier alpha value is -0.580. The van der Waals surface area contributed by atoms with Crippen LogP contribution in [0.5, 0.6) is 5.75 Å². The van der Waals surface area contributed by atoms with Gasteiger partial charge in [0.2, 0.25) is 0 Å². The van der Waals surface area contributed by atoms with Crippen LogP contribution in [-0.4, -0.2) is 30.4 Å². The first-order valence-electron chi connectivity index (χ1n) is 6.52. The molecule has 2 unspecified atom stereocenters. The summed E-state index contributed by atoms with van der Waals surface area (Å²) in [5.41, 5.74) is 1.27. The highest BCUT2D eigenvalue weighted by atomic mass is 79.9. The summed E-state index contributed by atoms with van der Waals surface area (Å²) in [6.07, 6.45) is 3.01. The molecule has 2 atom stereocenters. The molecule has 0 aliphatic carbocycles. The molecule has 0 radical (unpaired) electrons. The second-order valence-electron chi connectivity index (χ2n) is 4.72. The molecule has 100 valence electrons. The van der Waals surface area contributed by atoms with E-state index in [9.17, 15) is 0 Å². The molecule has 4 heteroatoms. The van der Waals surface area contributed by atoms with Gasteiger partial charge < -0.3 is 15.2 Å². The van der Waals surface area contributed by atoms with Gasteiger partial charge in [-0.2, -0.15) is 0 Å². The number of fused-ring (bicyclic) bond motifs is 1. The van der Waals surface area contributed by atoms with E-state index in [1.54, 1.807) is 0 Å². The highest BCUT2D eigenvalue weighted by Gasteiger charge is 2.23. The third kappa shape index (κ3) is 3.46. The number of ether oxygens (including phenoxy) is 1. The maximum absolute atomic E-state index is 8.96. The minimum Gasteiger partial charge on any atom is -0.488 e. The molecule has 1 aliphatic rings. The van der Waals surface area contributed by atoms with E-state index in [1.807, 2.05) is 12.1 Å². The monoisotopic (exact) mass is 313 g/mol. The summed E-state index contributed by atoms with van der Waals surface area (Å²) in [5, 5.41) is 12.4. The van der Waals surface area contributed by atoms with Gasteiger partial charge in [0.15, 0.2) is 0 Å². The van der Waals surface area contributed by atoms with Crippen molar-refractivity contribution in [2.24, 2.45) is 0 Å². The highest BCUT2D eigenvalue weighted by molar-refractivity contribution is 9.10. The fourth-order valence-electron chi connectivity index (χ4n) is 2.31. The van der Waals surface area contributed by atoms with Crippen LogP contribution in [0.4, 0.5) is 0 Å². The quantitative estimate of drug-likeness (QED) is 0.848. The van der Waals surface area contributed by atoms with Crippen molar-refractivity contribution in [3.63, 3.8) is 0 Å². The number of benzene rings is 1. The Labute approximate surface area is 117 Å². The van der Waals surface area contributed by atoms with Crippen LogP contribution in [-0.2, 0) is 6.42 Å². The van der Waals surface area contributed by atoms with Gasteiger partial charge in [-0.05, 0) is 36.6 Å². The zero-order valence-electron chi connectivity index (χ0n) is 10.7. The Morgan fingerprint density at radius 3 is 3.11 bits per heavy atom. The Bertz CT molecular complexity index is 397. The molecule has 18 heavy (non-hydrogen) atoms. The maximum Gasteiger partial charge on any atom is 0.123 e. The standard InChI is InChI=1S/C14H20BrNO2/c1-2-12(5-6-17)16-9-13-8-10-7-11(15)3-4-14(10)18-13/h3-4,7,12-13,16-17H,2,5-6,8-9H2,1H3. The SMILES string of the molecule is CCC(CCO)NCC1Cc2cc(Br)ccc2O1. The van der Waals surface area contributed by atoms with Gasteiger partial charge in [0.25, 0.3) is 0 Å². The predicted octanol–water partition coefficient (Wildman–Crippen LogP) is 2.50. The minimum absolute atomic E-state index is 0.210. The van der Waals surface area contributed by atoms with Crippen molar-refractivity contribution in [1.29, 1.82) is 0 Å². The largest absolute Gasteiger partial charge is 0.488 e. The lowest BCUT2D eigenvalue weighted by molar-refractivity contribution is 0.209. The van der Waals surface area contributed by atoms with Crippen LogP contribution in [0.1, 0.15) is 25.3 Å². The van der Waals surface area contributed by atoms with E-state index in [1.165, 1.54) is 5.56 Å². The first-order valence-corrected chi connectivity index (χ1v) is 7.31. The number of hydrogen-bond acceptors (Lipinski definition) is 3. The highest BCUT2D eigenvalue weighted by Crippen LogP contribution is 2.30. The fourth-order valence-corrected chi connectivity index (χ4v) is 2.72. The van der Waals surface area contributed by atoms with E-state index in [-0.39, 0.29) is 12.7 Å². The molecule has 0 aromatic heterocycles. The summed E-state index contributed by atoms with van der Waals surface area (Å²) < 4.78 is 6.99. The minimum atomic E-state index is 0.210. The molecule has 0 spiro atoms. The van der Waals surface area contributed by atoms with Crippen molar-refractivity contribution in [2.45, 2.75) is 38.3 Å². The van der Waals surface area contributed by atoms with Crippen molar-refractivity contribution in [3.8, 4) is 5.75 Å². The van der Waals surface area contributed by atoms with Crippen LogP contribution in [0.25, 0.3) is 0 Å². The lowest BCUT2D eigenvalue weighted by Crippen LogP contribution is -2.37. The molecule has 0 amide bonds. The molecule has 2 N–H and O–H groups in total. The maximum atomic E-state index is 8.96. The van der Waals surface area contributed by atoms with Crippen LogP contribution in [0.3, 0.4) is 0 Å². The van der Waals surface area contributed by atoms with Crippen LogP contribution >= 0.6 is 15.9 Å². The van der Waals surface area contributed by atoms with E-state index in [4.69, 9.17) is 9.84 Å². The fraction of sp³-hybridized carbons (Fsp3) is 0.571. The summed E-state index contributed by atoms with van der Waals surface area (Å²) in [6.45, 7) is 3.21. The molecule has 1 aliphatic heterocycles. The number of nitrogens with one attached hydrogen (secondary N) is 1. The Morgan fingerprint density at radius 1 is 1.56 bits per heavy atom. The lowest BCUT2D eigenvalue weighted by Gasteiger charge is -2.18. The van der Waals surface area contributed by atoms with E-state index >= 15 is 0 Å². The molecular formula is C14H20BrNO2. The van der Waals surface area contributed by atoms with Crippen molar-refractivity contribution in [2.75, 3.05) is 13.2 Å². The Balaban J connectivity index is 1.84. The van der Waals surface area contributed by atoms with Crippen LogP contribution in [0.15, 0.2) is 22.7 Å². The van der Waals surface area contributed by atoms with E-state index in [0.717, 1.165) is 36.0 Å². The van der Waals surface area contributed by atoms with Crippen molar-refractivity contribution in [1.82, 2.24) is 5.32 Å². The first kappa shape index (κ1) is 13.8. The normalized spacial score (nSPS) is 19.4. The number of rotatable bonds is 6. The molecule has 0 fully saturated rings. The summed E-state index contributed by atoms with van der Waals surface area (Å²) in [7, 11) is 0.